The van der Waals surface area contributed by atoms with E-state index in [4.69, 9.17) is 4.74 Å². The number of hydrogen-bond acceptors (Lipinski definition) is 2. The van der Waals surface area contributed by atoms with Crippen LogP contribution in [0.5, 0.6) is 5.75 Å². The minimum absolute atomic E-state index is 0.255. The molecule has 112 valence electrons. The van der Waals surface area contributed by atoms with Crippen LogP contribution in [0.15, 0.2) is 18.2 Å². The maximum absolute atomic E-state index is 14.2. The molecule has 2 nitrogen and oxygen atoms in total. The lowest BCUT2D eigenvalue weighted by molar-refractivity contribution is -0.0105. The van der Waals surface area contributed by atoms with Crippen LogP contribution in [0.25, 0.3) is 0 Å². The summed E-state index contributed by atoms with van der Waals surface area (Å²) in [5.41, 5.74) is -0.196. The second kappa shape index (κ2) is 6.57. The fourth-order valence-corrected chi connectivity index (χ4v) is 3.29. The summed E-state index contributed by atoms with van der Waals surface area (Å²) in [6.07, 6.45) is 6.47. The highest BCUT2D eigenvalue weighted by atomic mass is 19.1. The Labute approximate surface area is 121 Å². The van der Waals surface area contributed by atoms with Gasteiger partial charge in [0.15, 0.2) is 11.6 Å². The SMILES string of the molecule is CCCC1CCC(O)(Cc2cccc(OC)c2F)CC1. The Hall–Kier alpha value is -1.09. The molecule has 0 bridgehead atoms. The average Bonchev–Trinajstić information content (AvgIpc) is 2.44. The van der Waals surface area contributed by atoms with Crippen LogP contribution in [0.1, 0.15) is 51.0 Å². The van der Waals surface area contributed by atoms with Gasteiger partial charge in [-0.15, -0.1) is 0 Å². The Balaban J connectivity index is 2.03. The van der Waals surface area contributed by atoms with Gasteiger partial charge in [0.05, 0.1) is 12.7 Å². The van der Waals surface area contributed by atoms with E-state index in [0.29, 0.717) is 12.0 Å². The van der Waals surface area contributed by atoms with Crippen molar-refractivity contribution in [2.75, 3.05) is 7.11 Å². The highest BCUT2D eigenvalue weighted by Crippen LogP contribution is 2.37. The number of hydrogen-bond donors (Lipinski definition) is 1. The second-order valence-electron chi connectivity index (χ2n) is 6.07. The van der Waals surface area contributed by atoms with Gasteiger partial charge in [0.1, 0.15) is 0 Å². The number of halogens is 1. The van der Waals surface area contributed by atoms with E-state index in [1.54, 1.807) is 18.2 Å². The quantitative estimate of drug-likeness (QED) is 0.880. The van der Waals surface area contributed by atoms with Crippen molar-refractivity contribution in [3.63, 3.8) is 0 Å². The van der Waals surface area contributed by atoms with E-state index in [2.05, 4.69) is 6.92 Å². The molecule has 1 aliphatic rings. The summed E-state index contributed by atoms with van der Waals surface area (Å²) in [5, 5.41) is 10.7. The number of benzene rings is 1. The third-order valence-electron chi connectivity index (χ3n) is 4.52. The van der Waals surface area contributed by atoms with Crippen molar-refractivity contribution in [2.24, 2.45) is 5.92 Å². The van der Waals surface area contributed by atoms with Gasteiger partial charge in [-0.05, 0) is 43.2 Å². The first kappa shape index (κ1) is 15.3. The molecule has 1 aromatic carbocycles. The first-order valence-electron chi connectivity index (χ1n) is 7.62. The lowest BCUT2D eigenvalue weighted by atomic mass is 9.74. The highest BCUT2D eigenvalue weighted by molar-refractivity contribution is 5.32. The number of methoxy groups -OCH3 is 1. The van der Waals surface area contributed by atoms with Gasteiger partial charge >= 0.3 is 0 Å². The zero-order valence-corrected chi connectivity index (χ0v) is 12.5. The van der Waals surface area contributed by atoms with Crippen molar-refractivity contribution in [1.82, 2.24) is 0 Å². The zero-order chi connectivity index (χ0) is 14.6. The normalized spacial score (nSPS) is 26.5. The molecule has 3 heteroatoms. The summed E-state index contributed by atoms with van der Waals surface area (Å²) < 4.78 is 19.2. The molecule has 2 rings (SSSR count). The van der Waals surface area contributed by atoms with Crippen LogP contribution in [0, 0.1) is 11.7 Å². The van der Waals surface area contributed by atoms with Gasteiger partial charge in [0.2, 0.25) is 0 Å². The molecule has 0 atom stereocenters. The Kier molecular flexibility index (Phi) is 5.03. The summed E-state index contributed by atoms with van der Waals surface area (Å²) in [6.45, 7) is 2.20. The van der Waals surface area contributed by atoms with Gasteiger partial charge in [0.25, 0.3) is 0 Å². The van der Waals surface area contributed by atoms with E-state index in [9.17, 15) is 9.50 Å². The van der Waals surface area contributed by atoms with Crippen molar-refractivity contribution in [3.05, 3.63) is 29.6 Å². The topological polar surface area (TPSA) is 29.5 Å². The van der Waals surface area contributed by atoms with Crippen LogP contribution < -0.4 is 4.74 Å². The average molecular weight is 280 g/mol. The molecule has 1 saturated carbocycles. The third-order valence-corrected chi connectivity index (χ3v) is 4.52. The lowest BCUT2D eigenvalue weighted by Crippen LogP contribution is -2.36. The second-order valence-corrected chi connectivity index (χ2v) is 6.07. The molecule has 1 fully saturated rings. The molecule has 0 radical (unpaired) electrons. The van der Waals surface area contributed by atoms with E-state index >= 15 is 0 Å². The largest absolute Gasteiger partial charge is 0.494 e. The summed E-state index contributed by atoms with van der Waals surface area (Å²) in [6, 6.07) is 5.14. The molecule has 0 amide bonds. The first-order valence-corrected chi connectivity index (χ1v) is 7.62. The molecule has 0 unspecified atom stereocenters. The van der Waals surface area contributed by atoms with Crippen LogP contribution in [0.3, 0.4) is 0 Å². The molecule has 0 aromatic heterocycles. The number of ether oxygens (including phenoxy) is 1. The van der Waals surface area contributed by atoms with Gasteiger partial charge < -0.3 is 9.84 Å². The maximum atomic E-state index is 14.2. The fourth-order valence-electron chi connectivity index (χ4n) is 3.29. The molecule has 1 aromatic rings. The predicted octanol–water partition coefficient (Wildman–Crippen LogP) is 4.10. The van der Waals surface area contributed by atoms with Crippen LogP contribution in [0.4, 0.5) is 4.39 Å². The van der Waals surface area contributed by atoms with Gasteiger partial charge in [-0.3, -0.25) is 0 Å². The summed E-state index contributed by atoms with van der Waals surface area (Å²) in [5.74, 6) is 0.653. The Bertz CT molecular complexity index is 437. The molecule has 1 N–H and O–H groups in total. The molecule has 1 aliphatic carbocycles. The van der Waals surface area contributed by atoms with E-state index < -0.39 is 5.60 Å². The minimum Gasteiger partial charge on any atom is -0.494 e. The van der Waals surface area contributed by atoms with Crippen molar-refractivity contribution in [1.29, 1.82) is 0 Å². The van der Waals surface area contributed by atoms with Crippen molar-refractivity contribution in [3.8, 4) is 5.75 Å². The highest BCUT2D eigenvalue weighted by Gasteiger charge is 2.33. The summed E-state index contributed by atoms with van der Waals surface area (Å²) in [7, 11) is 1.47. The Morgan fingerprint density at radius 3 is 2.65 bits per heavy atom. The monoisotopic (exact) mass is 280 g/mol. The molecule has 0 spiro atoms. The smallest absolute Gasteiger partial charge is 0.168 e. The van der Waals surface area contributed by atoms with Gasteiger partial charge in [0, 0.05) is 6.42 Å². The zero-order valence-electron chi connectivity index (χ0n) is 12.5. The number of aliphatic hydroxyl groups is 1. The Morgan fingerprint density at radius 2 is 2.05 bits per heavy atom. The van der Waals surface area contributed by atoms with Crippen molar-refractivity contribution >= 4 is 0 Å². The minimum atomic E-state index is -0.753. The fraction of sp³-hybridized carbons (Fsp3) is 0.647. The third kappa shape index (κ3) is 3.51. The molecule has 0 aliphatic heterocycles. The van der Waals surface area contributed by atoms with E-state index in [-0.39, 0.29) is 11.6 Å². The van der Waals surface area contributed by atoms with Crippen LogP contribution in [-0.4, -0.2) is 17.8 Å². The Morgan fingerprint density at radius 1 is 1.35 bits per heavy atom. The molecule has 0 saturated heterocycles. The standard InChI is InChI=1S/C17H25FO2/c1-3-5-13-8-10-17(19,11-9-13)12-14-6-4-7-15(20-2)16(14)18/h4,6-7,13,19H,3,5,8-12H2,1-2H3. The van der Waals surface area contributed by atoms with Crippen molar-refractivity contribution < 1.29 is 14.2 Å². The predicted molar refractivity (Wildman–Crippen MR) is 78.5 cm³/mol. The van der Waals surface area contributed by atoms with E-state index in [0.717, 1.165) is 31.6 Å². The molecule has 20 heavy (non-hydrogen) atoms. The van der Waals surface area contributed by atoms with E-state index in [1.807, 2.05) is 0 Å². The maximum Gasteiger partial charge on any atom is 0.168 e. The van der Waals surface area contributed by atoms with Crippen molar-refractivity contribution in [2.45, 2.75) is 57.5 Å². The van der Waals surface area contributed by atoms with E-state index in [1.165, 1.54) is 20.0 Å². The van der Waals surface area contributed by atoms with Gasteiger partial charge in [-0.25, -0.2) is 4.39 Å². The molecular weight excluding hydrogens is 255 g/mol. The molecule has 0 heterocycles. The summed E-state index contributed by atoms with van der Waals surface area (Å²) in [4.78, 5) is 0. The number of rotatable bonds is 5. The van der Waals surface area contributed by atoms with Crippen LogP contribution in [-0.2, 0) is 6.42 Å². The van der Waals surface area contributed by atoms with Gasteiger partial charge in [-0.2, -0.15) is 0 Å². The molecular formula is C17H25FO2. The van der Waals surface area contributed by atoms with Gasteiger partial charge in [-0.1, -0.05) is 31.9 Å². The lowest BCUT2D eigenvalue weighted by Gasteiger charge is -2.36. The van der Waals surface area contributed by atoms with Crippen LogP contribution >= 0.6 is 0 Å². The first-order chi connectivity index (χ1) is 9.58. The summed E-state index contributed by atoms with van der Waals surface area (Å²) >= 11 is 0. The van der Waals surface area contributed by atoms with Crippen LogP contribution in [0.2, 0.25) is 0 Å².